The molecule has 0 radical (unpaired) electrons. The topological polar surface area (TPSA) is 86.7 Å². The fourth-order valence-electron chi connectivity index (χ4n) is 3.61. The van der Waals surface area contributed by atoms with Gasteiger partial charge in [0, 0.05) is 57.2 Å². The second kappa shape index (κ2) is 7.84. The van der Waals surface area contributed by atoms with Gasteiger partial charge in [-0.25, -0.2) is 18.4 Å². The van der Waals surface area contributed by atoms with E-state index in [-0.39, 0.29) is 10.8 Å². The molecule has 1 aromatic heterocycles. The maximum atomic E-state index is 13.0. The number of aromatic nitrogens is 2. The van der Waals surface area contributed by atoms with Crippen LogP contribution in [0.3, 0.4) is 0 Å². The Bertz CT molecular complexity index is 926. The monoisotopic (exact) mass is 401 g/mol. The molecule has 3 heterocycles. The first kappa shape index (κ1) is 18.8. The fourth-order valence-corrected chi connectivity index (χ4v) is 5.03. The zero-order chi connectivity index (χ0) is 19.6. The number of carbonyl (C=O) groups is 1. The smallest absolute Gasteiger partial charge is 0.243 e. The van der Waals surface area contributed by atoms with Gasteiger partial charge in [0.15, 0.2) is 0 Å². The summed E-state index contributed by atoms with van der Waals surface area (Å²) >= 11 is 0. The Balaban J connectivity index is 1.44. The molecular formula is C19H23N5O3S. The van der Waals surface area contributed by atoms with E-state index in [2.05, 4.69) is 9.97 Å². The largest absolute Gasteiger partial charge is 0.338 e. The molecule has 2 aliphatic heterocycles. The summed E-state index contributed by atoms with van der Waals surface area (Å²) in [6, 6.07) is 8.40. The van der Waals surface area contributed by atoms with Gasteiger partial charge in [-0.05, 0) is 43.2 Å². The Kier molecular flexibility index (Phi) is 5.27. The second-order valence-electron chi connectivity index (χ2n) is 6.94. The molecule has 0 atom stereocenters. The molecule has 2 aliphatic rings. The number of hydrogen-bond acceptors (Lipinski definition) is 6. The van der Waals surface area contributed by atoms with Gasteiger partial charge in [-0.15, -0.1) is 0 Å². The van der Waals surface area contributed by atoms with Crippen molar-refractivity contribution in [2.24, 2.45) is 0 Å². The van der Waals surface area contributed by atoms with Gasteiger partial charge in [0.05, 0.1) is 4.90 Å². The van der Waals surface area contributed by atoms with Crippen LogP contribution in [0.15, 0.2) is 47.6 Å². The second-order valence-corrected chi connectivity index (χ2v) is 8.87. The van der Waals surface area contributed by atoms with Crippen molar-refractivity contribution in [3.8, 4) is 0 Å². The molecule has 2 fully saturated rings. The van der Waals surface area contributed by atoms with Crippen molar-refractivity contribution in [1.82, 2.24) is 14.3 Å². The lowest BCUT2D eigenvalue weighted by atomic mass is 10.1. The minimum atomic E-state index is -3.57. The minimum absolute atomic E-state index is 0.0982. The number of rotatable bonds is 4. The summed E-state index contributed by atoms with van der Waals surface area (Å²) in [6.07, 6.45) is 5.80. The first-order valence-electron chi connectivity index (χ1n) is 9.48. The molecule has 4 rings (SSSR count). The quantitative estimate of drug-likeness (QED) is 0.772. The van der Waals surface area contributed by atoms with Gasteiger partial charge in [-0.3, -0.25) is 4.79 Å². The van der Waals surface area contributed by atoms with Crippen LogP contribution in [-0.4, -0.2) is 61.3 Å². The van der Waals surface area contributed by atoms with Crippen LogP contribution in [0, 0.1) is 0 Å². The van der Waals surface area contributed by atoms with Gasteiger partial charge >= 0.3 is 0 Å². The van der Waals surface area contributed by atoms with Crippen molar-refractivity contribution in [3.05, 3.63) is 42.7 Å². The number of carbonyl (C=O) groups excluding carboxylic acids is 1. The Morgan fingerprint density at radius 3 is 2.18 bits per heavy atom. The molecule has 148 valence electrons. The molecule has 8 nitrogen and oxygen atoms in total. The zero-order valence-corrected chi connectivity index (χ0v) is 16.4. The van der Waals surface area contributed by atoms with Gasteiger partial charge in [0.1, 0.15) is 0 Å². The number of benzene rings is 1. The third-order valence-corrected chi connectivity index (χ3v) is 7.10. The lowest BCUT2D eigenvalue weighted by Gasteiger charge is -2.34. The average Bonchev–Trinajstić information content (AvgIpc) is 2.75. The first-order valence-corrected chi connectivity index (χ1v) is 10.9. The van der Waals surface area contributed by atoms with Crippen LogP contribution < -0.4 is 9.80 Å². The van der Waals surface area contributed by atoms with E-state index < -0.39 is 10.0 Å². The summed E-state index contributed by atoms with van der Waals surface area (Å²) in [4.78, 5) is 24.5. The number of sulfonamides is 1. The van der Waals surface area contributed by atoms with E-state index >= 15 is 0 Å². The Labute approximate surface area is 164 Å². The number of amides is 1. The highest BCUT2D eigenvalue weighted by Crippen LogP contribution is 2.25. The Morgan fingerprint density at radius 1 is 0.857 bits per heavy atom. The van der Waals surface area contributed by atoms with Crippen LogP contribution in [0.5, 0.6) is 0 Å². The van der Waals surface area contributed by atoms with Crippen LogP contribution >= 0.6 is 0 Å². The van der Waals surface area contributed by atoms with Crippen molar-refractivity contribution in [1.29, 1.82) is 0 Å². The van der Waals surface area contributed by atoms with Crippen molar-refractivity contribution >= 4 is 27.6 Å². The predicted octanol–water partition coefficient (Wildman–Crippen LogP) is 1.50. The molecule has 0 N–H and O–H groups in total. The SMILES string of the molecule is O=C1CCCCN1c1ccc(S(=O)(=O)N2CCN(c3ncccn3)CC2)cc1. The summed E-state index contributed by atoms with van der Waals surface area (Å²) in [6.45, 7) is 2.54. The maximum absolute atomic E-state index is 13.0. The lowest BCUT2D eigenvalue weighted by Crippen LogP contribution is -2.49. The number of piperidine rings is 1. The maximum Gasteiger partial charge on any atom is 0.243 e. The van der Waals surface area contributed by atoms with Crippen LogP contribution in [0.1, 0.15) is 19.3 Å². The van der Waals surface area contributed by atoms with Crippen LogP contribution in [-0.2, 0) is 14.8 Å². The highest BCUT2D eigenvalue weighted by molar-refractivity contribution is 7.89. The highest BCUT2D eigenvalue weighted by Gasteiger charge is 2.29. The van der Waals surface area contributed by atoms with Crippen LogP contribution in [0.2, 0.25) is 0 Å². The summed E-state index contributed by atoms with van der Waals surface area (Å²) < 4.78 is 27.4. The molecule has 2 saturated heterocycles. The molecule has 28 heavy (non-hydrogen) atoms. The Hall–Kier alpha value is -2.52. The first-order chi connectivity index (χ1) is 13.6. The zero-order valence-electron chi connectivity index (χ0n) is 15.6. The standard InChI is InChI=1S/C19H23N5O3S/c25-18-4-1-2-11-24(18)16-5-7-17(8-6-16)28(26,27)23-14-12-22(13-15-23)19-20-9-3-10-21-19/h3,5-10H,1-2,4,11-15H2. The van der Waals surface area contributed by atoms with E-state index in [0.717, 1.165) is 18.5 Å². The van der Waals surface area contributed by atoms with Crippen molar-refractivity contribution in [2.75, 3.05) is 42.5 Å². The van der Waals surface area contributed by atoms with Crippen LogP contribution in [0.4, 0.5) is 11.6 Å². The molecule has 0 saturated carbocycles. The van der Waals surface area contributed by atoms with E-state index in [1.807, 2.05) is 4.90 Å². The van der Waals surface area contributed by atoms with Crippen LogP contribution in [0.25, 0.3) is 0 Å². The predicted molar refractivity (Wildman–Crippen MR) is 106 cm³/mol. The molecule has 0 unspecified atom stereocenters. The third-order valence-electron chi connectivity index (χ3n) is 5.18. The molecule has 0 aliphatic carbocycles. The molecular weight excluding hydrogens is 378 g/mol. The number of nitrogens with zero attached hydrogens (tertiary/aromatic N) is 5. The van der Waals surface area contributed by atoms with Gasteiger partial charge in [0.25, 0.3) is 0 Å². The number of hydrogen-bond donors (Lipinski definition) is 0. The van der Waals surface area contributed by atoms with E-state index in [4.69, 9.17) is 0 Å². The lowest BCUT2D eigenvalue weighted by molar-refractivity contribution is -0.119. The average molecular weight is 401 g/mol. The van der Waals surface area contributed by atoms with E-state index in [9.17, 15) is 13.2 Å². The van der Waals surface area contributed by atoms with Gasteiger partial charge in [0.2, 0.25) is 21.9 Å². The molecule has 0 bridgehead atoms. The van der Waals surface area contributed by atoms with E-state index in [1.54, 1.807) is 47.6 Å². The number of piperazine rings is 1. The van der Waals surface area contributed by atoms with E-state index in [0.29, 0.717) is 45.1 Å². The summed E-state index contributed by atoms with van der Waals surface area (Å²) in [5.74, 6) is 0.719. The van der Waals surface area contributed by atoms with Crippen molar-refractivity contribution < 1.29 is 13.2 Å². The normalized spacial score (nSPS) is 19.1. The van der Waals surface area contributed by atoms with Gasteiger partial charge in [-0.1, -0.05) is 0 Å². The molecule has 1 aromatic carbocycles. The highest BCUT2D eigenvalue weighted by atomic mass is 32.2. The third kappa shape index (κ3) is 3.72. The number of anilines is 2. The summed E-state index contributed by atoms with van der Waals surface area (Å²) in [5.41, 5.74) is 0.759. The molecule has 0 spiro atoms. The van der Waals surface area contributed by atoms with Crippen molar-refractivity contribution in [3.63, 3.8) is 0 Å². The van der Waals surface area contributed by atoms with Crippen molar-refractivity contribution in [2.45, 2.75) is 24.2 Å². The minimum Gasteiger partial charge on any atom is -0.338 e. The molecule has 1 amide bonds. The molecule has 2 aromatic rings. The summed E-state index contributed by atoms with van der Waals surface area (Å²) in [7, 11) is -3.57. The van der Waals surface area contributed by atoms with Gasteiger partial charge < -0.3 is 9.80 Å². The Morgan fingerprint density at radius 2 is 1.54 bits per heavy atom. The fraction of sp³-hybridized carbons (Fsp3) is 0.421. The summed E-state index contributed by atoms with van der Waals surface area (Å²) in [5, 5.41) is 0. The van der Waals surface area contributed by atoms with Gasteiger partial charge in [-0.2, -0.15) is 4.31 Å². The van der Waals surface area contributed by atoms with E-state index in [1.165, 1.54) is 4.31 Å². The molecule has 9 heteroatoms.